The number of aromatic nitrogens is 3. The van der Waals surface area contributed by atoms with Crippen LogP contribution in [0.1, 0.15) is 44.7 Å². The summed E-state index contributed by atoms with van der Waals surface area (Å²) in [6, 6.07) is 0. The highest BCUT2D eigenvalue weighted by atomic mass is 16.1. The van der Waals surface area contributed by atoms with E-state index in [1.54, 1.807) is 17.9 Å². The summed E-state index contributed by atoms with van der Waals surface area (Å²) in [4.78, 5) is 11.8. The molecular weight excluding hydrogens is 228 g/mol. The van der Waals surface area contributed by atoms with Crippen LogP contribution in [-0.4, -0.2) is 27.3 Å². The van der Waals surface area contributed by atoms with Gasteiger partial charge in [-0.05, 0) is 25.3 Å². The Hall–Kier alpha value is -1.23. The Morgan fingerprint density at radius 2 is 2.22 bits per heavy atom. The minimum Gasteiger partial charge on any atom is -0.330 e. The molecule has 0 saturated carbocycles. The van der Waals surface area contributed by atoms with Crippen molar-refractivity contribution in [1.29, 1.82) is 0 Å². The number of hydrogen-bond donors (Lipinski definition) is 1. The highest BCUT2D eigenvalue weighted by molar-refractivity contribution is 5.80. The van der Waals surface area contributed by atoms with E-state index in [2.05, 4.69) is 17.2 Å². The Bertz CT molecular complexity index is 356. The van der Waals surface area contributed by atoms with Gasteiger partial charge >= 0.3 is 0 Å². The van der Waals surface area contributed by atoms with Gasteiger partial charge in [-0.1, -0.05) is 25.0 Å². The van der Waals surface area contributed by atoms with E-state index in [4.69, 9.17) is 5.73 Å². The molecule has 1 atom stereocenters. The third-order valence-corrected chi connectivity index (χ3v) is 3.13. The Kier molecular flexibility index (Phi) is 6.57. The topological polar surface area (TPSA) is 73.8 Å². The zero-order valence-corrected chi connectivity index (χ0v) is 11.4. The lowest BCUT2D eigenvalue weighted by molar-refractivity contribution is -0.118. The van der Waals surface area contributed by atoms with Crippen molar-refractivity contribution >= 4 is 5.78 Å². The van der Waals surface area contributed by atoms with Gasteiger partial charge in [0.2, 0.25) is 0 Å². The van der Waals surface area contributed by atoms with Crippen LogP contribution in [0.4, 0.5) is 0 Å². The lowest BCUT2D eigenvalue weighted by atomic mass is 9.93. The molecule has 0 radical (unpaired) electrons. The minimum absolute atomic E-state index is 0.244. The number of Topliss-reactive ketones (excluding diaryl/α,β-unsaturated/α-hetero) is 1. The Labute approximate surface area is 109 Å². The number of nitrogens with two attached hydrogens (primary N) is 1. The molecule has 0 spiro atoms. The summed E-state index contributed by atoms with van der Waals surface area (Å²) in [5.74, 6) is 0.833. The van der Waals surface area contributed by atoms with Crippen molar-refractivity contribution in [3.8, 4) is 0 Å². The van der Waals surface area contributed by atoms with Gasteiger partial charge in [0.1, 0.15) is 5.78 Å². The largest absolute Gasteiger partial charge is 0.330 e. The number of carbonyl (C=O) groups is 1. The quantitative estimate of drug-likeness (QED) is 0.722. The van der Waals surface area contributed by atoms with Gasteiger partial charge in [-0.25, -0.2) is 0 Å². The van der Waals surface area contributed by atoms with Crippen molar-refractivity contribution in [1.82, 2.24) is 15.0 Å². The Morgan fingerprint density at radius 3 is 2.78 bits per heavy atom. The average Bonchev–Trinajstić information content (AvgIpc) is 2.72. The molecule has 0 saturated heterocycles. The third kappa shape index (κ3) is 5.40. The minimum atomic E-state index is 0.244. The lowest BCUT2D eigenvalue weighted by Gasteiger charge is -2.13. The molecule has 5 heteroatoms. The van der Waals surface area contributed by atoms with Gasteiger partial charge in [-0.2, -0.15) is 0 Å². The van der Waals surface area contributed by atoms with Crippen molar-refractivity contribution in [2.75, 3.05) is 6.54 Å². The molecular formula is C13H24N4O. The molecule has 0 bridgehead atoms. The molecule has 0 amide bonds. The van der Waals surface area contributed by atoms with E-state index in [9.17, 15) is 4.79 Å². The third-order valence-electron chi connectivity index (χ3n) is 3.13. The maximum absolute atomic E-state index is 11.8. The number of carbonyl (C=O) groups excluding carboxylic acids is 1. The first kappa shape index (κ1) is 14.8. The molecule has 1 aromatic rings. The molecule has 102 valence electrons. The van der Waals surface area contributed by atoms with E-state index < -0.39 is 0 Å². The lowest BCUT2D eigenvalue weighted by Crippen LogP contribution is -2.12. The molecule has 0 aliphatic carbocycles. The zero-order chi connectivity index (χ0) is 13.4. The summed E-state index contributed by atoms with van der Waals surface area (Å²) in [5.41, 5.74) is 6.34. The van der Waals surface area contributed by atoms with Crippen molar-refractivity contribution < 1.29 is 4.79 Å². The molecule has 1 aromatic heterocycles. The molecule has 18 heavy (non-hydrogen) atoms. The van der Waals surface area contributed by atoms with Crippen LogP contribution in [0.3, 0.4) is 0 Å². The molecule has 2 N–H and O–H groups in total. The monoisotopic (exact) mass is 252 g/mol. The standard InChI is InChI=1S/C13H24N4O/c1-3-4-11(7-8-14)5-6-13(18)9-12-10-17(2)16-15-12/h10-11H,3-9,14H2,1-2H3. The summed E-state index contributed by atoms with van der Waals surface area (Å²) in [6.07, 6.45) is 7.10. The molecule has 0 aromatic carbocycles. The fourth-order valence-electron chi connectivity index (χ4n) is 2.21. The molecule has 5 nitrogen and oxygen atoms in total. The maximum atomic E-state index is 11.8. The first-order chi connectivity index (χ1) is 8.65. The van der Waals surface area contributed by atoms with Gasteiger partial charge in [0.15, 0.2) is 0 Å². The Balaban J connectivity index is 2.30. The Morgan fingerprint density at radius 1 is 1.44 bits per heavy atom. The van der Waals surface area contributed by atoms with Crippen molar-refractivity contribution in [3.63, 3.8) is 0 Å². The zero-order valence-electron chi connectivity index (χ0n) is 11.4. The van der Waals surface area contributed by atoms with Crippen LogP contribution in [0.5, 0.6) is 0 Å². The predicted octanol–water partition coefficient (Wildman–Crippen LogP) is 1.47. The van der Waals surface area contributed by atoms with Crippen LogP contribution >= 0.6 is 0 Å². The van der Waals surface area contributed by atoms with Gasteiger partial charge < -0.3 is 5.73 Å². The van der Waals surface area contributed by atoms with E-state index in [0.29, 0.717) is 25.3 Å². The SMILES string of the molecule is CCCC(CCN)CCC(=O)Cc1cn(C)nn1. The van der Waals surface area contributed by atoms with Crippen LogP contribution in [0.15, 0.2) is 6.20 Å². The second kappa shape index (κ2) is 7.97. The van der Waals surface area contributed by atoms with E-state index in [0.717, 1.165) is 31.4 Å². The summed E-state index contributed by atoms with van der Waals surface area (Å²) in [6.45, 7) is 2.88. The van der Waals surface area contributed by atoms with E-state index in [-0.39, 0.29) is 5.78 Å². The van der Waals surface area contributed by atoms with Crippen LogP contribution in [0.2, 0.25) is 0 Å². The van der Waals surface area contributed by atoms with Crippen LogP contribution in [0.25, 0.3) is 0 Å². The fourth-order valence-corrected chi connectivity index (χ4v) is 2.21. The number of aryl methyl sites for hydroxylation is 1. The van der Waals surface area contributed by atoms with Gasteiger partial charge in [0.05, 0.1) is 12.1 Å². The highest BCUT2D eigenvalue weighted by Crippen LogP contribution is 2.17. The number of hydrogen-bond acceptors (Lipinski definition) is 4. The van der Waals surface area contributed by atoms with E-state index >= 15 is 0 Å². The van der Waals surface area contributed by atoms with Crippen molar-refractivity contribution in [2.24, 2.45) is 18.7 Å². The van der Waals surface area contributed by atoms with Crippen LogP contribution in [0, 0.1) is 5.92 Å². The second-order valence-corrected chi connectivity index (χ2v) is 4.87. The van der Waals surface area contributed by atoms with Crippen molar-refractivity contribution in [2.45, 2.75) is 45.4 Å². The van der Waals surface area contributed by atoms with Crippen molar-refractivity contribution in [3.05, 3.63) is 11.9 Å². The fraction of sp³-hybridized carbons (Fsp3) is 0.769. The molecule has 0 fully saturated rings. The summed E-state index contributed by atoms with van der Waals surface area (Å²) < 4.78 is 1.62. The van der Waals surface area contributed by atoms with Gasteiger partial charge in [-0.3, -0.25) is 9.48 Å². The van der Waals surface area contributed by atoms with Crippen LogP contribution in [-0.2, 0) is 18.3 Å². The smallest absolute Gasteiger partial charge is 0.138 e. The number of ketones is 1. The summed E-state index contributed by atoms with van der Waals surface area (Å²) in [7, 11) is 1.81. The van der Waals surface area contributed by atoms with Gasteiger partial charge in [0, 0.05) is 19.7 Å². The van der Waals surface area contributed by atoms with E-state index in [1.165, 1.54) is 0 Å². The van der Waals surface area contributed by atoms with E-state index in [1.807, 2.05) is 0 Å². The highest BCUT2D eigenvalue weighted by Gasteiger charge is 2.11. The first-order valence-electron chi connectivity index (χ1n) is 6.72. The number of nitrogens with zero attached hydrogens (tertiary/aromatic N) is 3. The maximum Gasteiger partial charge on any atom is 0.138 e. The molecule has 1 unspecified atom stereocenters. The molecule has 1 heterocycles. The second-order valence-electron chi connectivity index (χ2n) is 4.87. The molecule has 1 rings (SSSR count). The van der Waals surface area contributed by atoms with Gasteiger partial charge in [-0.15, -0.1) is 5.10 Å². The van der Waals surface area contributed by atoms with Gasteiger partial charge in [0.25, 0.3) is 0 Å². The summed E-state index contributed by atoms with van der Waals surface area (Å²) >= 11 is 0. The molecule has 0 aliphatic heterocycles. The average molecular weight is 252 g/mol. The molecule has 0 aliphatic rings. The normalized spacial score (nSPS) is 12.6. The number of rotatable bonds is 9. The summed E-state index contributed by atoms with van der Waals surface area (Å²) in [5, 5.41) is 7.75. The first-order valence-corrected chi connectivity index (χ1v) is 6.72. The van der Waals surface area contributed by atoms with Crippen LogP contribution < -0.4 is 5.73 Å². The predicted molar refractivity (Wildman–Crippen MR) is 71.0 cm³/mol.